The summed E-state index contributed by atoms with van der Waals surface area (Å²) >= 11 is 6.08. The third kappa shape index (κ3) is 3.42. The van der Waals surface area contributed by atoms with Crippen LogP contribution in [0.2, 0.25) is 5.15 Å². The number of aliphatic hydroxyl groups is 1. The highest BCUT2D eigenvalue weighted by Crippen LogP contribution is 2.25. The van der Waals surface area contributed by atoms with E-state index in [1.54, 1.807) is 16.8 Å². The van der Waals surface area contributed by atoms with E-state index in [4.69, 9.17) is 21.1 Å². The molecule has 2 aromatic rings. The molecule has 1 fully saturated rings. The monoisotopic (exact) mass is 340 g/mol. The molecule has 1 saturated heterocycles. The fourth-order valence-electron chi connectivity index (χ4n) is 2.61. The SMILES string of the molecule is CCc1cnc2c(NCC(O)C3COC(C)(C)O3)cc(Cl)nn12. The minimum Gasteiger partial charge on any atom is -0.388 e. The number of ether oxygens (including phenoxy) is 2. The summed E-state index contributed by atoms with van der Waals surface area (Å²) < 4.78 is 12.9. The van der Waals surface area contributed by atoms with Crippen LogP contribution in [0.15, 0.2) is 12.3 Å². The number of hydrogen-bond acceptors (Lipinski definition) is 6. The van der Waals surface area contributed by atoms with Gasteiger partial charge in [-0.1, -0.05) is 18.5 Å². The van der Waals surface area contributed by atoms with Crippen LogP contribution in [0, 0.1) is 0 Å². The summed E-state index contributed by atoms with van der Waals surface area (Å²) in [6, 6.07) is 1.70. The summed E-state index contributed by atoms with van der Waals surface area (Å²) in [5.41, 5.74) is 2.38. The molecule has 2 unspecified atom stereocenters. The normalized spacial score (nSPS) is 21.7. The lowest BCUT2D eigenvalue weighted by atomic mass is 10.2. The van der Waals surface area contributed by atoms with Gasteiger partial charge >= 0.3 is 0 Å². The lowest BCUT2D eigenvalue weighted by Gasteiger charge is -2.21. The zero-order valence-electron chi connectivity index (χ0n) is 13.4. The van der Waals surface area contributed by atoms with Crippen LogP contribution in [-0.2, 0) is 15.9 Å². The first-order valence-electron chi connectivity index (χ1n) is 7.66. The predicted octanol–water partition coefficient (Wildman–Crippen LogP) is 1.87. The maximum absolute atomic E-state index is 10.3. The van der Waals surface area contributed by atoms with Gasteiger partial charge in [0.2, 0.25) is 0 Å². The summed E-state index contributed by atoms with van der Waals surface area (Å²) in [4.78, 5) is 4.37. The second kappa shape index (κ2) is 6.24. The number of fused-ring (bicyclic) bond motifs is 1. The molecule has 0 amide bonds. The third-order valence-corrected chi connectivity index (χ3v) is 4.02. The van der Waals surface area contributed by atoms with Gasteiger partial charge in [-0.3, -0.25) is 0 Å². The number of aromatic nitrogens is 3. The van der Waals surface area contributed by atoms with Gasteiger partial charge in [0.15, 0.2) is 16.6 Å². The van der Waals surface area contributed by atoms with Gasteiger partial charge in [0.25, 0.3) is 0 Å². The number of aliphatic hydroxyl groups excluding tert-OH is 1. The summed E-state index contributed by atoms with van der Waals surface area (Å²) in [5, 5.41) is 18.1. The molecule has 0 aliphatic carbocycles. The lowest BCUT2D eigenvalue weighted by Crippen LogP contribution is -2.35. The van der Waals surface area contributed by atoms with E-state index in [0.717, 1.165) is 17.8 Å². The Morgan fingerprint density at radius 1 is 1.57 bits per heavy atom. The molecule has 2 aromatic heterocycles. The largest absolute Gasteiger partial charge is 0.388 e. The van der Waals surface area contributed by atoms with Crippen molar-refractivity contribution in [3.8, 4) is 0 Å². The van der Waals surface area contributed by atoms with Gasteiger partial charge in [-0.25, -0.2) is 9.50 Å². The Kier molecular flexibility index (Phi) is 4.46. The van der Waals surface area contributed by atoms with E-state index in [9.17, 15) is 5.11 Å². The highest BCUT2D eigenvalue weighted by molar-refractivity contribution is 6.29. The van der Waals surface area contributed by atoms with Crippen LogP contribution in [0.3, 0.4) is 0 Å². The van der Waals surface area contributed by atoms with Crippen LogP contribution >= 0.6 is 11.6 Å². The van der Waals surface area contributed by atoms with Gasteiger partial charge in [0, 0.05) is 12.6 Å². The van der Waals surface area contributed by atoms with E-state index < -0.39 is 11.9 Å². The zero-order valence-corrected chi connectivity index (χ0v) is 14.2. The fourth-order valence-corrected chi connectivity index (χ4v) is 2.79. The number of rotatable bonds is 5. The van der Waals surface area contributed by atoms with E-state index in [-0.39, 0.29) is 6.10 Å². The average Bonchev–Trinajstić information content (AvgIpc) is 3.07. The standard InChI is InChI=1S/C15H21ClN4O3/c1-4-9-6-18-14-10(5-13(16)19-20(9)14)17-7-11(21)12-8-22-15(2,3)23-12/h5-6,11-12,17,21H,4,7-8H2,1-3H3. The van der Waals surface area contributed by atoms with Crippen molar-refractivity contribution in [3.63, 3.8) is 0 Å². The van der Waals surface area contributed by atoms with Crippen LogP contribution < -0.4 is 5.32 Å². The average molecular weight is 341 g/mol. The molecule has 0 radical (unpaired) electrons. The Morgan fingerprint density at radius 2 is 2.35 bits per heavy atom. The molecule has 7 nitrogen and oxygen atoms in total. The Labute approximate surface area is 139 Å². The summed E-state index contributed by atoms with van der Waals surface area (Å²) in [5.74, 6) is -0.655. The van der Waals surface area contributed by atoms with Crippen molar-refractivity contribution in [2.24, 2.45) is 0 Å². The van der Waals surface area contributed by atoms with E-state index in [0.29, 0.717) is 24.0 Å². The number of nitrogens with zero attached hydrogens (tertiary/aromatic N) is 3. The van der Waals surface area contributed by atoms with Gasteiger partial charge in [-0.2, -0.15) is 5.10 Å². The Balaban J connectivity index is 1.73. The molecule has 0 spiro atoms. The van der Waals surface area contributed by atoms with E-state index >= 15 is 0 Å². The number of aryl methyl sites for hydroxylation is 1. The van der Waals surface area contributed by atoms with Gasteiger partial charge in [0.1, 0.15) is 6.10 Å². The first-order chi connectivity index (χ1) is 10.9. The fraction of sp³-hybridized carbons (Fsp3) is 0.600. The summed E-state index contributed by atoms with van der Waals surface area (Å²) in [6.07, 6.45) is 1.51. The highest BCUT2D eigenvalue weighted by atomic mass is 35.5. The van der Waals surface area contributed by atoms with Gasteiger partial charge < -0.3 is 19.9 Å². The minimum atomic E-state index is -0.704. The Bertz CT molecular complexity index is 703. The molecule has 1 aliphatic heterocycles. The van der Waals surface area contributed by atoms with E-state index in [2.05, 4.69) is 15.4 Å². The molecule has 3 rings (SSSR count). The molecule has 0 bridgehead atoms. The second-order valence-corrected chi connectivity index (χ2v) is 6.42. The molecular weight excluding hydrogens is 320 g/mol. The molecule has 126 valence electrons. The lowest BCUT2D eigenvalue weighted by molar-refractivity contribution is -0.149. The van der Waals surface area contributed by atoms with Crippen molar-refractivity contribution in [3.05, 3.63) is 23.1 Å². The summed E-state index contributed by atoms with van der Waals surface area (Å²) in [6.45, 7) is 6.36. The molecule has 1 aliphatic rings. The van der Waals surface area contributed by atoms with Crippen LogP contribution in [0.25, 0.3) is 5.65 Å². The molecular formula is C15H21ClN4O3. The number of nitrogens with one attached hydrogen (secondary N) is 1. The molecule has 0 saturated carbocycles. The minimum absolute atomic E-state index is 0.300. The van der Waals surface area contributed by atoms with Crippen molar-refractivity contribution >= 4 is 22.9 Å². The molecule has 8 heteroatoms. The van der Waals surface area contributed by atoms with Crippen molar-refractivity contribution in [1.82, 2.24) is 14.6 Å². The Hall–Kier alpha value is -1.41. The van der Waals surface area contributed by atoms with Crippen molar-refractivity contribution in [2.45, 2.75) is 45.2 Å². The van der Waals surface area contributed by atoms with E-state index in [1.165, 1.54) is 0 Å². The van der Waals surface area contributed by atoms with Crippen molar-refractivity contribution in [1.29, 1.82) is 0 Å². The van der Waals surface area contributed by atoms with Crippen LogP contribution in [0.5, 0.6) is 0 Å². The Morgan fingerprint density at radius 3 is 3.00 bits per heavy atom. The molecule has 2 N–H and O–H groups in total. The van der Waals surface area contributed by atoms with Crippen LogP contribution in [0.1, 0.15) is 26.5 Å². The summed E-state index contributed by atoms with van der Waals surface area (Å²) in [7, 11) is 0. The second-order valence-electron chi connectivity index (χ2n) is 6.03. The number of anilines is 1. The number of hydrogen-bond donors (Lipinski definition) is 2. The highest BCUT2D eigenvalue weighted by Gasteiger charge is 2.36. The first kappa shape index (κ1) is 16.4. The molecule has 23 heavy (non-hydrogen) atoms. The van der Waals surface area contributed by atoms with Gasteiger partial charge in [-0.15, -0.1) is 0 Å². The smallest absolute Gasteiger partial charge is 0.177 e. The molecule has 2 atom stereocenters. The van der Waals surface area contributed by atoms with Crippen molar-refractivity contribution < 1.29 is 14.6 Å². The maximum atomic E-state index is 10.3. The first-order valence-corrected chi connectivity index (χ1v) is 8.04. The van der Waals surface area contributed by atoms with E-state index in [1.807, 2.05) is 20.8 Å². The predicted molar refractivity (Wildman–Crippen MR) is 86.8 cm³/mol. The van der Waals surface area contributed by atoms with Crippen LogP contribution in [-0.4, -0.2) is 50.9 Å². The molecule has 0 aromatic carbocycles. The van der Waals surface area contributed by atoms with Gasteiger partial charge in [-0.05, 0) is 20.3 Å². The third-order valence-electron chi connectivity index (χ3n) is 3.83. The number of imidazole rings is 1. The van der Waals surface area contributed by atoms with Gasteiger partial charge in [0.05, 0.1) is 30.3 Å². The van der Waals surface area contributed by atoms with Crippen molar-refractivity contribution in [2.75, 3.05) is 18.5 Å². The topological polar surface area (TPSA) is 80.9 Å². The number of halogens is 1. The quantitative estimate of drug-likeness (QED) is 0.865. The maximum Gasteiger partial charge on any atom is 0.177 e. The van der Waals surface area contributed by atoms with Crippen LogP contribution in [0.4, 0.5) is 5.69 Å². The molecule has 3 heterocycles. The zero-order chi connectivity index (χ0) is 16.6.